The van der Waals surface area contributed by atoms with Gasteiger partial charge in [0.1, 0.15) is 17.5 Å². The van der Waals surface area contributed by atoms with Gasteiger partial charge < -0.3 is 10.6 Å². The van der Waals surface area contributed by atoms with Crippen LogP contribution in [0.3, 0.4) is 0 Å². The van der Waals surface area contributed by atoms with Crippen LogP contribution >= 0.6 is 0 Å². The lowest BCUT2D eigenvalue weighted by Crippen LogP contribution is -2.20. The van der Waals surface area contributed by atoms with Gasteiger partial charge in [0, 0.05) is 25.1 Å². The standard InChI is InChI=1S/C15H26N4/c1-4-12(9-11-7-8-11)17-15-10-14(16-6-3)18-13(5-2)19-15/h10-12H,4-9H2,1-3H3,(H2,16,17,18,19). The minimum absolute atomic E-state index is 0.543. The van der Waals surface area contributed by atoms with Crippen LogP contribution in [0, 0.1) is 5.92 Å². The highest BCUT2D eigenvalue weighted by molar-refractivity contribution is 5.48. The highest BCUT2D eigenvalue weighted by Crippen LogP contribution is 2.34. The van der Waals surface area contributed by atoms with Crippen molar-refractivity contribution < 1.29 is 0 Å². The molecule has 1 atom stereocenters. The van der Waals surface area contributed by atoms with Crippen molar-refractivity contribution in [1.29, 1.82) is 0 Å². The molecule has 1 aromatic rings. The second kappa shape index (κ2) is 6.73. The Hall–Kier alpha value is -1.32. The Balaban J connectivity index is 2.05. The van der Waals surface area contributed by atoms with E-state index in [1.165, 1.54) is 19.3 Å². The first-order valence-electron chi connectivity index (χ1n) is 7.63. The molecule has 2 N–H and O–H groups in total. The zero-order valence-corrected chi connectivity index (χ0v) is 12.4. The van der Waals surface area contributed by atoms with Crippen molar-refractivity contribution in [2.75, 3.05) is 17.2 Å². The molecular formula is C15H26N4. The lowest BCUT2D eigenvalue weighted by atomic mass is 10.1. The Labute approximate surface area is 116 Å². The van der Waals surface area contributed by atoms with Crippen LogP contribution in [0.15, 0.2) is 6.07 Å². The summed E-state index contributed by atoms with van der Waals surface area (Å²) in [7, 11) is 0. The Morgan fingerprint density at radius 3 is 2.53 bits per heavy atom. The van der Waals surface area contributed by atoms with Crippen LogP contribution < -0.4 is 10.6 Å². The molecule has 1 aliphatic carbocycles. The molecule has 0 radical (unpaired) electrons. The predicted octanol–water partition coefficient (Wildman–Crippen LogP) is 3.46. The van der Waals surface area contributed by atoms with Gasteiger partial charge in [-0.2, -0.15) is 0 Å². The molecule has 1 heterocycles. The van der Waals surface area contributed by atoms with E-state index >= 15 is 0 Å². The van der Waals surface area contributed by atoms with Gasteiger partial charge in [0.15, 0.2) is 0 Å². The zero-order chi connectivity index (χ0) is 13.7. The summed E-state index contributed by atoms with van der Waals surface area (Å²) in [6, 6.07) is 2.57. The fraction of sp³-hybridized carbons (Fsp3) is 0.733. The third-order valence-corrected chi connectivity index (χ3v) is 3.61. The second-order valence-corrected chi connectivity index (χ2v) is 5.37. The van der Waals surface area contributed by atoms with Gasteiger partial charge in [-0.15, -0.1) is 0 Å². The van der Waals surface area contributed by atoms with E-state index in [-0.39, 0.29) is 0 Å². The van der Waals surface area contributed by atoms with E-state index in [9.17, 15) is 0 Å². The monoisotopic (exact) mass is 262 g/mol. The third-order valence-electron chi connectivity index (χ3n) is 3.61. The van der Waals surface area contributed by atoms with E-state index in [2.05, 4.69) is 41.4 Å². The minimum atomic E-state index is 0.543. The Bertz CT molecular complexity index is 401. The molecule has 106 valence electrons. The van der Waals surface area contributed by atoms with Crippen molar-refractivity contribution >= 4 is 11.6 Å². The SMILES string of the molecule is CCNc1cc(NC(CC)CC2CC2)nc(CC)n1. The molecule has 4 heteroatoms. The summed E-state index contributed by atoms with van der Waals surface area (Å²) < 4.78 is 0. The van der Waals surface area contributed by atoms with Gasteiger partial charge in [0.25, 0.3) is 0 Å². The molecule has 1 saturated carbocycles. The topological polar surface area (TPSA) is 49.8 Å². The van der Waals surface area contributed by atoms with Gasteiger partial charge in [-0.3, -0.25) is 0 Å². The molecule has 0 aliphatic heterocycles. The highest BCUT2D eigenvalue weighted by Gasteiger charge is 2.24. The van der Waals surface area contributed by atoms with E-state index in [1.54, 1.807) is 0 Å². The largest absolute Gasteiger partial charge is 0.370 e. The molecule has 0 spiro atoms. The fourth-order valence-electron chi connectivity index (χ4n) is 2.29. The normalized spacial score (nSPS) is 16.2. The molecule has 0 saturated heterocycles. The first-order valence-corrected chi connectivity index (χ1v) is 7.63. The smallest absolute Gasteiger partial charge is 0.132 e. The number of rotatable bonds is 8. The number of nitrogens with one attached hydrogen (secondary N) is 2. The van der Waals surface area contributed by atoms with Crippen molar-refractivity contribution in [3.63, 3.8) is 0 Å². The van der Waals surface area contributed by atoms with E-state index < -0.39 is 0 Å². The van der Waals surface area contributed by atoms with E-state index in [0.717, 1.165) is 42.8 Å². The summed E-state index contributed by atoms with van der Waals surface area (Å²) in [5.41, 5.74) is 0. The average molecular weight is 262 g/mol. The van der Waals surface area contributed by atoms with Crippen LogP contribution in [0.5, 0.6) is 0 Å². The van der Waals surface area contributed by atoms with Crippen molar-refractivity contribution in [3.8, 4) is 0 Å². The number of aromatic nitrogens is 2. The molecule has 0 aromatic carbocycles. The molecule has 19 heavy (non-hydrogen) atoms. The van der Waals surface area contributed by atoms with Crippen molar-refractivity contribution in [1.82, 2.24) is 9.97 Å². The average Bonchev–Trinajstić information content (AvgIpc) is 3.22. The Kier molecular flexibility index (Phi) is 5.00. The Morgan fingerprint density at radius 2 is 1.95 bits per heavy atom. The molecule has 1 fully saturated rings. The molecule has 0 bridgehead atoms. The molecule has 1 aromatic heterocycles. The van der Waals surface area contributed by atoms with E-state index in [4.69, 9.17) is 0 Å². The van der Waals surface area contributed by atoms with Gasteiger partial charge >= 0.3 is 0 Å². The molecule has 2 rings (SSSR count). The summed E-state index contributed by atoms with van der Waals surface area (Å²) in [6.07, 6.45) is 6.11. The van der Waals surface area contributed by atoms with Gasteiger partial charge in [0.2, 0.25) is 0 Å². The van der Waals surface area contributed by atoms with Crippen LogP contribution in [0.4, 0.5) is 11.6 Å². The van der Waals surface area contributed by atoms with Crippen LogP contribution in [0.25, 0.3) is 0 Å². The van der Waals surface area contributed by atoms with Gasteiger partial charge in [-0.25, -0.2) is 9.97 Å². The third kappa shape index (κ3) is 4.37. The lowest BCUT2D eigenvalue weighted by molar-refractivity contribution is 0.584. The molecule has 0 amide bonds. The molecule has 4 nitrogen and oxygen atoms in total. The number of aryl methyl sites for hydroxylation is 1. The van der Waals surface area contributed by atoms with Crippen LogP contribution in [-0.4, -0.2) is 22.6 Å². The van der Waals surface area contributed by atoms with Gasteiger partial charge in [-0.1, -0.05) is 26.7 Å². The van der Waals surface area contributed by atoms with Crippen molar-refractivity contribution in [3.05, 3.63) is 11.9 Å². The maximum absolute atomic E-state index is 4.59. The summed E-state index contributed by atoms with van der Waals surface area (Å²) in [5, 5.41) is 6.86. The van der Waals surface area contributed by atoms with Crippen LogP contribution in [0.1, 0.15) is 52.3 Å². The molecular weight excluding hydrogens is 236 g/mol. The summed E-state index contributed by atoms with van der Waals surface area (Å²) >= 11 is 0. The van der Waals surface area contributed by atoms with Gasteiger partial charge in [0.05, 0.1) is 0 Å². The minimum Gasteiger partial charge on any atom is -0.370 e. The first kappa shape index (κ1) is 14.1. The van der Waals surface area contributed by atoms with E-state index in [0.29, 0.717) is 6.04 Å². The summed E-state index contributed by atoms with van der Waals surface area (Å²) in [5.74, 6) is 3.74. The van der Waals surface area contributed by atoms with Crippen LogP contribution in [0.2, 0.25) is 0 Å². The maximum atomic E-state index is 4.59. The first-order chi connectivity index (χ1) is 9.25. The van der Waals surface area contributed by atoms with Crippen LogP contribution in [-0.2, 0) is 6.42 Å². The number of hydrogen-bond acceptors (Lipinski definition) is 4. The fourth-order valence-corrected chi connectivity index (χ4v) is 2.29. The lowest BCUT2D eigenvalue weighted by Gasteiger charge is -2.18. The quantitative estimate of drug-likeness (QED) is 0.753. The Morgan fingerprint density at radius 1 is 1.21 bits per heavy atom. The second-order valence-electron chi connectivity index (χ2n) is 5.37. The summed E-state index contributed by atoms with van der Waals surface area (Å²) in [6.45, 7) is 7.31. The maximum Gasteiger partial charge on any atom is 0.132 e. The van der Waals surface area contributed by atoms with E-state index in [1.807, 2.05) is 6.07 Å². The summed E-state index contributed by atoms with van der Waals surface area (Å²) in [4.78, 5) is 9.07. The predicted molar refractivity (Wildman–Crippen MR) is 80.6 cm³/mol. The molecule has 1 aliphatic rings. The molecule has 1 unspecified atom stereocenters. The zero-order valence-electron chi connectivity index (χ0n) is 12.4. The number of nitrogens with zero attached hydrogens (tertiary/aromatic N) is 2. The number of hydrogen-bond donors (Lipinski definition) is 2. The highest BCUT2D eigenvalue weighted by atomic mass is 15.1. The number of anilines is 2. The van der Waals surface area contributed by atoms with Crippen molar-refractivity contribution in [2.24, 2.45) is 5.92 Å². The van der Waals surface area contributed by atoms with Crippen molar-refractivity contribution in [2.45, 2.75) is 58.9 Å². The van der Waals surface area contributed by atoms with Gasteiger partial charge in [-0.05, 0) is 25.7 Å².